The van der Waals surface area contributed by atoms with Gasteiger partial charge in [-0.25, -0.2) is 9.37 Å². The highest BCUT2D eigenvalue weighted by molar-refractivity contribution is 8.00. The molecule has 0 aliphatic carbocycles. The van der Waals surface area contributed by atoms with Crippen LogP contribution in [0.3, 0.4) is 0 Å². The van der Waals surface area contributed by atoms with Gasteiger partial charge < -0.3 is 10.6 Å². The molecule has 0 fully saturated rings. The van der Waals surface area contributed by atoms with Gasteiger partial charge in [0.1, 0.15) is 5.82 Å². The van der Waals surface area contributed by atoms with Gasteiger partial charge in [-0.2, -0.15) is 0 Å². The molecule has 4 aromatic carbocycles. The number of hydrogen-bond acceptors (Lipinski definition) is 5. The van der Waals surface area contributed by atoms with Crippen LogP contribution in [0.4, 0.5) is 15.2 Å². The van der Waals surface area contributed by atoms with Crippen LogP contribution in [-0.2, 0) is 4.79 Å². The molecule has 2 amide bonds. The summed E-state index contributed by atoms with van der Waals surface area (Å²) in [6.45, 7) is 0. The maximum absolute atomic E-state index is 13.1. The molecule has 5 aromatic rings. The third kappa shape index (κ3) is 5.79. The number of benzene rings is 4. The van der Waals surface area contributed by atoms with E-state index in [2.05, 4.69) is 15.6 Å². The van der Waals surface area contributed by atoms with E-state index in [0.717, 1.165) is 21.2 Å². The molecule has 0 radical (unpaired) electrons. The van der Waals surface area contributed by atoms with Gasteiger partial charge >= 0.3 is 0 Å². The maximum Gasteiger partial charge on any atom is 0.255 e. The zero-order valence-electron chi connectivity index (χ0n) is 18.9. The summed E-state index contributed by atoms with van der Waals surface area (Å²) in [5.74, 6) is -0.439. The monoisotopic (exact) mass is 513 g/mol. The second kappa shape index (κ2) is 10.7. The minimum Gasteiger partial charge on any atom is -0.322 e. The standard InChI is InChI=1S/C28H20FN3O2S2/c29-22-9-7-19(8-10-22)25-16-36-28(31-25)32-26(33)17-35-24-13-11-23(12-14-24)30-27(34)21-6-5-18-3-1-2-4-20(18)15-21/h1-16H,17H2,(H,30,34)(H,31,32,33). The molecule has 0 bridgehead atoms. The second-order valence-corrected chi connectivity index (χ2v) is 9.83. The summed E-state index contributed by atoms with van der Waals surface area (Å²) in [6.07, 6.45) is 0. The normalized spacial score (nSPS) is 10.8. The van der Waals surface area contributed by atoms with Gasteiger partial charge in [-0.1, -0.05) is 30.3 Å². The molecule has 0 saturated carbocycles. The van der Waals surface area contributed by atoms with Gasteiger partial charge in [-0.05, 0) is 71.4 Å². The molecular weight excluding hydrogens is 493 g/mol. The zero-order chi connectivity index (χ0) is 24.9. The number of anilines is 2. The summed E-state index contributed by atoms with van der Waals surface area (Å²) in [4.78, 5) is 30.3. The lowest BCUT2D eigenvalue weighted by atomic mass is 10.1. The average molecular weight is 514 g/mol. The Hall–Kier alpha value is -4.01. The Kier molecular flexibility index (Phi) is 7.06. The molecule has 0 spiro atoms. The molecule has 1 aromatic heterocycles. The van der Waals surface area contributed by atoms with E-state index in [-0.39, 0.29) is 23.4 Å². The second-order valence-electron chi connectivity index (χ2n) is 7.92. The fourth-order valence-electron chi connectivity index (χ4n) is 3.56. The Bertz CT molecular complexity index is 1530. The maximum atomic E-state index is 13.1. The number of carbonyl (C=O) groups excluding carboxylic acids is 2. The van der Waals surface area contributed by atoms with Crippen molar-refractivity contribution < 1.29 is 14.0 Å². The van der Waals surface area contributed by atoms with Crippen LogP contribution in [0.15, 0.2) is 101 Å². The molecule has 0 atom stereocenters. The summed E-state index contributed by atoms with van der Waals surface area (Å²) in [5.41, 5.74) is 2.74. The van der Waals surface area contributed by atoms with E-state index < -0.39 is 0 Å². The minimum absolute atomic E-state index is 0.173. The van der Waals surface area contributed by atoms with Crippen molar-refractivity contribution in [1.29, 1.82) is 0 Å². The zero-order valence-corrected chi connectivity index (χ0v) is 20.5. The van der Waals surface area contributed by atoms with E-state index in [1.165, 1.54) is 35.2 Å². The van der Waals surface area contributed by atoms with Crippen LogP contribution in [0.5, 0.6) is 0 Å². The van der Waals surface area contributed by atoms with Crippen molar-refractivity contribution in [2.24, 2.45) is 0 Å². The number of aromatic nitrogens is 1. The first-order chi connectivity index (χ1) is 17.5. The summed E-state index contributed by atoms with van der Waals surface area (Å²) in [6, 6.07) is 26.9. The van der Waals surface area contributed by atoms with Crippen LogP contribution in [0.1, 0.15) is 10.4 Å². The van der Waals surface area contributed by atoms with Crippen molar-refractivity contribution in [3.8, 4) is 11.3 Å². The van der Waals surface area contributed by atoms with E-state index in [9.17, 15) is 14.0 Å². The summed E-state index contributed by atoms with van der Waals surface area (Å²) < 4.78 is 13.1. The Morgan fingerprint density at radius 1 is 0.861 bits per heavy atom. The van der Waals surface area contributed by atoms with Crippen molar-refractivity contribution >= 4 is 56.5 Å². The first kappa shape index (κ1) is 23.7. The van der Waals surface area contributed by atoms with Gasteiger partial charge in [0.25, 0.3) is 5.91 Å². The fraction of sp³-hybridized carbons (Fsp3) is 0.0357. The van der Waals surface area contributed by atoms with Crippen molar-refractivity contribution in [3.63, 3.8) is 0 Å². The van der Waals surface area contributed by atoms with Crippen LogP contribution in [0.2, 0.25) is 0 Å². The van der Waals surface area contributed by atoms with Gasteiger partial charge in [0.15, 0.2) is 5.13 Å². The first-order valence-corrected chi connectivity index (χ1v) is 12.9. The van der Waals surface area contributed by atoms with E-state index in [4.69, 9.17) is 0 Å². The number of amides is 2. The Morgan fingerprint density at radius 3 is 2.39 bits per heavy atom. The lowest BCUT2D eigenvalue weighted by Gasteiger charge is -2.08. The van der Waals surface area contributed by atoms with E-state index in [0.29, 0.717) is 22.1 Å². The van der Waals surface area contributed by atoms with E-state index >= 15 is 0 Å². The highest BCUT2D eigenvalue weighted by atomic mass is 32.2. The number of thioether (sulfide) groups is 1. The molecule has 0 unspecified atom stereocenters. The average Bonchev–Trinajstić information content (AvgIpc) is 3.36. The number of carbonyl (C=O) groups is 2. The summed E-state index contributed by atoms with van der Waals surface area (Å²) >= 11 is 2.71. The Balaban J connectivity index is 1.13. The minimum atomic E-state index is -0.306. The summed E-state index contributed by atoms with van der Waals surface area (Å²) in [5, 5.41) is 10.1. The van der Waals surface area contributed by atoms with Gasteiger partial charge in [0, 0.05) is 27.1 Å². The Labute approximate surface area is 215 Å². The molecule has 5 rings (SSSR count). The number of nitrogens with one attached hydrogen (secondary N) is 2. The van der Waals surface area contributed by atoms with Gasteiger partial charge in [-0.15, -0.1) is 23.1 Å². The predicted molar refractivity (Wildman–Crippen MR) is 145 cm³/mol. The largest absolute Gasteiger partial charge is 0.322 e. The fourth-order valence-corrected chi connectivity index (χ4v) is 4.99. The Morgan fingerprint density at radius 2 is 1.61 bits per heavy atom. The number of thiazole rings is 1. The topological polar surface area (TPSA) is 71.1 Å². The highest BCUT2D eigenvalue weighted by Gasteiger charge is 2.10. The molecule has 0 aliphatic heterocycles. The third-order valence-corrected chi connectivity index (χ3v) is 7.15. The van der Waals surface area contributed by atoms with Gasteiger partial charge in [0.05, 0.1) is 11.4 Å². The highest BCUT2D eigenvalue weighted by Crippen LogP contribution is 2.26. The molecule has 8 heteroatoms. The van der Waals surface area contributed by atoms with E-state index in [1.807, 2.05) is 72.1 Å². The van der Waals surface area contributed by atoms with Crippen LogP contribution in [0.25, 0.3) is 22.0 Å². The predicted octanol–water partition coefficient (Wildman–Crippen LogP) is 7.09. The van der Waals surface area contributed by atoms with Crippen LogP contribution in [-0.4, -0.2) is 22.6 Å². The third-order valence-electron chi connectivity index (χ3n) is 5.38. The lowest BCUT2D eigenvalue weighted by Crippen LogP contribution is -2.13. The van der Waals surface area contributed by atoms with Crippen LogP contribution in [0, 0.1) is 5.82 Å². The van der Waals surface area contributed by atoms with Crippen molar-refractivity contribution in [2.75, 3.05) is 16.4 Å². The lowest BCUT2D eigenvalue weighted by molar-refractivity contribution is -0.113. The van der Waals surface area contributed by atoms with Crippen molar-refractivity contribution in [2.45, 2.75) is 4.90 Å². The molecule has 178 valence electrons. The molecule has 5 nitrogen and oxygen atoms in total. The molecule has 0 saturated heterocycles. The quantitative estimate of drug-likeness (QED) is 0.228. The number of nitrogens with zero attached hydrogens (tertiary/aromatic N) is 1. The SMILES string of the molecule is O=C(CSc1ccc(NC(=O)c2ccc3ccccc3c2)cc1)Nc1nc(-c2ccc(F)cc2)cs1. The molecular formula is C28H20FN3O2S2. The smallest absolute Gasteiger partial charge is 0.255 e. The molecule has 2 N–H and O–H groups in total. The van der Waals surface area contributed by atoms with Crippen molar-refractivity contribution in [3.05, 3.63) is 108 Å². The molecule has 0 aliphatic rings. The summed E-state index contributed by atoms with van der Waals surface area (Å²) in [7, 11) is 0. The molecule has 1 heterocycles. The first-order valence-electron chi connectivity index (χ1n) is 11.1. The van der Waals surface area contributed by atoms with Crippen molar-refractivity contribution in [1.82, 2.24) is 4.98 Å². The number of hydrogen-bond donors (Lipinski definition) is 2. The number of halogens is 1. The van der Waals surface area contributed by atoms with Crippen LogP contribution >= 0.6 is 23.1 Å². The number of fused-ring (bicyclic) bond motifs is 1. The van der Waals surface area contributed by atoms with Gasteiger partial charge in [-0.3, -0.25) is 9.59 Å². The van der Waals surface area contributed by atoms with Crippen LogP contribution < -0.4 is 10.6 Å². The number of rotatable bonds is 7. The molecule has 36 heavy (non-hydrogen) atoms. The van der Waals surface area contributed by atoms with E-state index in [1.54, 1.807) is 12.1 Å². The van der Waals surface area contributed by atoms with Gasteiger partial charge in [0.2, 0.25) is 5.91 Å².